The van der Waals surface area contributed by atoms with Crippen LogP contribution in [0.15, 0.2) is 18.2 Å². The predicted molar refractivity (Wildman–Crippen MR) is 77.6 cm³/mol. The van der Waals surface area contributed by atoms with Crippen LogP contribution in [0.25, 0.3) is 0 Å². The Labute approximate surface area is 116 Å². The van der Waals surface area contributed by atoms with E-state index in [2.05, 4.69) is 31.0 Å². The normalized spacial score (nSPS) is 24.9. The Morgan fingerprint density at radius 2 is 2.16 bits per heavy atom. The van der Waals surface area contributed by atoms with Crippen LogP contribution in [0, 0.1) is 18.7 Å². The lowest BCUT2D eigenvalue weighted by atomic mass is 9.98. The summed E-state index contributed by atoms with van der Waals surface area (Å²) >= 11 is 0. The number of nitrogens with zero attached hydrogens (tertiary/aromatic N) is 1. The van der Waals surface area contributed by atoms with Crippen molar-refractivity contribution in [1.82, 2.24) is 10.2 Å². The number of hydrogen-bond donors (Lipinski definition) is 1. The maximum atomic E-state index is 13.1. The largest absolute Gasteiger partial charge is 0.311 e. The van der Waals surface area contributed by atoms with Gasteiger partial charge in [-0.2, -0.15) is 0 Å². The third kappa shape index (κ3) is 3.54. The molecule has 1 heterocycles. The Hall–Kier alpha value is -0.930. The average molecular weight is 264 g/mol. The molecule has 2 nitrogen and oxygen atoms in total. The molecule has 2 atom stereocenters. The molecule has 2 unspecified atom stereocenters. The second-order valence-electron chi connectivity index (χ2n) is 6.11. The van der Waals surface area contributed by atoms with Crippen molar-refractivity contribution in [2.45, 2.75) is 46.3 Å². The van der Waals surface area contributed by atoms with Crippen molar-refractivity contribution in [3.63, 3.8) is 0 Å². The summed E-state index contributed by atoms with van der Waals surface area (Å²) in [6.45, 7) is 11.8. The summed E-state index contributed by atoms with van der Waals surface area (Å²) in [7, 11) is 0. The number of piperazine rings is 1. The second-order valence-corrected chi connectivity index (χ2v) is 6.11. The maximum absolute atomic E-state index is 13.1. The van der Waals surface area contributed by atoms with E-state index >= 15 is 0 Å². The minimum Gasteiger partial charge on any atom is -0.311 e. The van der Waals surface area contributed by atoms with Crippen molar-refractivity contribution >= 4 is 0 Å². The highest BCUT2D eigenvalue weighted by molar-refractivity contribution is 5.26. The second kappa shape index (κ2) is 6.02. The zero-order chi connectivity index (χ0) is 14.0. The molecule has 0 aromatic heterocycles. The number of halogens is 1. The van der Waals surface area contributed by atoms with E-state index in [1.165, 1.54) is 5.56 Å². The highest BCUT2D eigenvalue weighted by Crippen LogP contribution is 2.18. The SMILES string of the molecule is Cc1cc(F)ccc1CN1CC(C(C)C)NCC1C. The first kappa shape index (κ1) is 14.5. The highest BCUT2D eigenvalue weighted by atomic mass is 19.1. The minimum absolute atomic E-state index is 0.144. The van der Waals surface area contributed by atoms with Gasteiger partial charge in [-0.25, -0.2) is 4.39 Å². The first-order valence-electron chi connectivity index (χ1n) is 7.20. The Kier molecular flexibility index (Phi) is 4.58. The molecule has 1 aliphatic heterocycles. The van der Waals surface area contributed by atoms with Crippen molar-refractivity contribution < 1.29 is 4.39 Å². The lowest BCUT2D eigenvalue weighted by Crippen LogP contribution is -2.56. The van der Waals surface area contributed by atoms with Gasteiger partial charge in [0.05, 0.1) is 0 Å². The van der Waals surface area contributed by atoms with Crippen LogP contribution in [0.4, 0.5) is 4.39 Å². The van der Waals surface area contributed by atoms with Gasteiger partial charge >= 0.3 is 0 Å². The number of rotatable bonds is 3. The molecule has 0 bridgehead atoms. The fourth-order valence-corrected chi connectivity index (χ4v) is 2.67. The Balaban J connectivity index is 2.07. The number of aryl methyl sites for hydroxylation is 1. The summed E-state index contributed by atoms with van der Waals surface area (Å²) in [4.78, 5) is 2.50. The fraction of sp³-hybridized carbons (Fsp3) is 0.625. The van der Waals surface area contributed by atoms with E-state index in [0.29, 0.717) is 18.0 Å². The predicted octanol–water partition coefficient (Wildman–Crippen LogP) is 2.95. The molecular weight excluding hydrogens is 239 g/mol. The summed E-state index contributed by atoms with van der Waals surface area (Å²) < 4.78 is 13.1. The number of hydrogen-bond acceptors (Lipinski definition) is 2. The molecule has 2 rings (SSSR count). The molecule has 0 amide bonds. The molecule has 0 aliphatic carbocycles. The van der Waals surface area contributed by atoms with Crippen LogP contribution in [0.1, 0.15) is 31.9 Å². The van der Waals surface area contributed by atoms with Gasteiger partial charge in [0.2, 0.25) is 0 Å². The molecule has 1 N–H and O–H groups in total. The molecule has 3 heteroatoms. The van der Waals surface area contributed by atoms with Gasteiger partial charge in [-0.05, 0) is 43.0 Å². The lowest BCUT2D eigenvalue weighted by molar-refractivity contribution is 0.116. The van der Waals surface area contributed by atoms with Crippen molar-refractivity contribution in [1.29, 1.82) is 0 Å². The van der Waals surface area contributed by atoms with Crippen LogP contribution < -0.4 is 5.32 Å². The number of nitrogens with one attached hydrogen (secondary N) is 1. The van der Waals surface area contributed by atoms with E-state index in [1.807, 2.05) is 13.0 Å². The summed E-state index contributed by atoms with van der Waals surface area (Å²) in [5.41, 5.74) is 2.28. The van der Waals surface area contributed by atoms with Crippen LogP contribution in [-0.2, 0) is 6.54 Å². The van der Waals surface area contributed by atoms with Crippen molar-refractivity contribution in [3.8, 4) is 0 Å². The van der Waals surface area contributed by atoms with Gasteiger partial charge in [-0.1, -0.05) is 19.9 Å². The van der Waals surface area contributed by atoms with Crippen LogP contribution >= 0.6 is 0 Å². The molecule has 1 aromatic rings. The van der Waals surface area contributed by atoms with Crippen molar-refractivity contribution in [3.05, 3.63) is 35.1 Å². The summed E-state index contributed by atoms with van der Waals surface area (Å²) in [6.07, 6.45) is 0. The molecule has 1 fully saturated rings. The lowest BCUT2D eigenvalue weighted by Gasteiger charge is -2.40. The smallest absolute Gasteiger partial charge is 0.123 e. The Morgan fingerprint density at radius 3 is 2.79 bits per heavy atom. The molecule has 0 saturated carbocycles. The van der Waals surface area contributed by atoms with E-state index in [4.69, 9.17) is 0 Å². The molecule has 19 heavy (non-hydrogen) atoms. The molecule has 1 aromatic carbocycles. The monoisotopic (exact) mass is 264 g/mol. The fourth-order valence-electron chi connectivity index (χ4n) is 2.67. The highest BCUT2D eigenvalue weighted by Gasteiger charge is 2.26. The van der Waals surface area contributed by atoms with Crippen molar-refractivity contribution in [2.75, 3.05) is 13.1 Å². The van der Waals surface area contributed by atoms with Gasteiger partial charge in [0, 0.05) is 31.7 Å². The van der Waals surface area contributed by atoms with E-state index < -0.39 is 0 Å². The quantitative estimate of drug-likeness (QED) is 0.903. The molecule has 0 radical (unpaired) electrons. The van der Waals surface area contributed by atoms with Gasteiger partial charge < -0.3 is 5.32 Å². The molecule has 0 spiro atoms. The third-order valence-electron chi connectivity index (χ3n) is 4.21. The van der Waals surface area contributed by atoms with Gasteiger partial charge in [0.25, 0.3) is 0 Å². The van der Waals surface area contributed by atoms with Gasteiger partial charge in [0.1, 0.15) is 5.82 Å². The summed E-state index contributed by atoms with van der Waals surface area (Å²) in [5, 5.41) is 3.61. The minimum atomic E-state index is -0.144. The summed E-state index contributed by atoms with van der Waals surface area (Å²) in [6, 6.07) is 6.19. The maximum Gasteiger partial charge on any atom is 0.123 e. The van der Waals surface area contributed by atoms with Gasteiger partial charge in [-0.15, -0.1) is 0 Å². The van der Waals surface area contributed by atoms with E-state index in [0.717, 1.165) is 25.2 Å². The van der Waals surface area contributed by atoms with Crippen LogP contribution in [0.5, 0.6) is 0 Å². The zero-order valence-electron chi connectivity index (χ0n) is 12.4. The van der Waals surface area contributed by atoms with Crippen molar-refractivity contribution in [2.24, 2.45) is 5.92 Å². The van der Waals surface area contributed by atoms with Gasteiger partial charge in [-0.3, -0.25) is 4.90 Å². The van der Waals surface area contributed by atoms with Crippen LogP contribution in [0.3, 0.4) is 0 Å². The number of benzene rings is 1. The first-order valence-corrected chi connectivity index (χ1v) is 7.20. The summed E-state index contributed by atoms with van der Waals surface area (Å²) in [5.74, 6) is 0.499. The van der Waals surface area contributed by atoms with Crippen LogP contribution in [0.2, 0.25) is 0 Å². The zero-order valence-corrected chi connectivity index (χ0v) is 12.4. The van der Waals surface area contributed by atoms with E-state index in [9.17, 15) is 4.39 Å². The Morgan fingerprint density at radius 1 is 1.42 bits per heavy atom. The molecule has 1 aliphatic rings. The van der Waals surface area contributed by atoms with Crippen LogP contribution in [-0.4, -0.2) is 30.1 Å². The third-order valence-corrected chi connectivity index (χ3v) is 4.21. The van der Waals surface area contributed by atoms with Gasteiger partial charge in [0.15, 0.2) is 0 Å². The molecule has 1 saturated heterocycles. The average Bonchev–Trinajstić information content (AvgIpc) is 2.34. The molecular formula is C16H25FN2. The van der Waals surface area contributed by atoms with E-state index in [-0.39, 0.29) is 5.82 Å². The Bertz CT molecular complexity index is 431. The molecule has 106 valence electrons. The topological polar surface area (TPSA) is 15.3 Å². The van der Waals surface area contributed by atoms with E-state index in [1.54, 1.807) is 12.1 Å². The standard InChI is InChI=1S/C16H25FN2/c1-11(2)16-10-19(13(4)8-18-16)9-14-5-6-15(17)7-12(14)3/h5-7,11,13,16,18H,8-10H2,1-4H3. The first-order chi connectivity index (χ1) is 8.97.